The first-order valence-corrected chi connectivity index (χ1v) is 5.64. The van der Waals surface area contributed by atoms with Crippen LogP contribution in [0.1, 0.15) is 26.7 Å². The number of ether oxygens (including phenoxy) is 1. The van der Waals surface area contributed by atoms with Crippen LogP contribution in [0.4, 0.5) is 4.79 Å². The number of urea groups is 1. The van der Waals surface area contributed by atoms with Crippen molar-refractivity contribution in [3.05, 3.63) is 0 Å². The van der Waals surface area contributed by atoms with Gasteiger partial charge in [0.1, 0.15) is 0 Å². The lowest BCUT2D eigenvalue weighted by atomic mass is 9.82. The van der Waals surface area contributed by atoms with Crippen LogP contribution in [-0.2, 0) is 4.74 Å². The summed E-state index contributed by atoms with van der Waals surface area (Å²) in [4.78, 5) is 13.2. The maximum atomic E-state index is 11.5. The summed E-state index contributed by atoms with van der Waals surface area (Å²) in [6, 6.07) is 0.0187. The highest BCUT2D eigenvalue weighted by molar-refractivity contribution is 5.73. The van der Waals surface area contributed by atoms with Gasteiger partial charge in [0.25, 0.3) is 0 Å². The second-order valence-corrected chi connectivity index (χ2v) is 4.60. The van der Waals surface area contributed by atoms with E-state index < -0.39 is 0 Å². The van der Waals surface area contributed by atoms with Crippen LogP contribution < -0.4 is 5.32 Å². The van der Waals surface area contributed by atoms with E-state index in [0.717, 1.165) is 39.1 Å². The van der Waals surface area contributed by atoms with Crippen molar-refractivity contribution in [1.82, 2.24) is 10.2 Å². The summed E-state index contributed by atoms with van der Waals surface area (Å²) < 4.78 is 5.32. The predicted molar refractivity (Wildman–Crippen MR) is 59.9 cm³/mol. The molecule has 0 aromatic heterocycles. The molecule has 1 heterocycles. The van der Waals surface area contributed by atoms with E-state index in [1.807, 2.05) is 14.0 Å². The Morgan fingerprint density at radius 3 is 2.60 bits per heavy atom. The minimum Gasteiger partial charge on any atom is -0.381 e. The Labute approximate surface area is 92.0 Å². The number of hydrogen-bond acceptors (Lipinski definition) is 2. The fourth-order valence-electron chi connectivity index (χ4n) is 1.61. The van der Waals surface area contributed by atoms with E-state index >= 15 is 0 Å². The standard InChI is InChI=1S/C11H22N2O2/c1-4-13(3)10(14)12-9-11(2)5-7-15-8-6-11/h4-9H2,1-3H3,(H,12,14). The fourth-order valence-corrected chi connectivity index (χ4v) is 1.61. The molecule has 2 amide bonds. The molecule has 0 aromatic carbocycles. The van der Waals surface area contributed by atoms with Crippen LogP contribution in [0, 0.1) is 5.41 Å². The molecule has 1 rings (SSSR count). The second-order valence-electron chi connectivity index (χ2n) is 4.60. The summed E-state index contributed by atoms with van der Waals surface area (Å²) in [6.45, 7) is 7.30. The van der Waals surface area contributed by atoms with Crippen molar-refractivity contribution >= 4 is 6.03 Å². The topological polar surface area (TPSA) is 41.6 Å². The van der Waals surface area contributed by atoms with Gasteiger partial charge in [0, 0.05) is 33.4 Å². The fraction of sp³-hybridized carbons (Fsp3) is 0.909. The highest BCUT2D eigenvalue weighted by Crippen LogP contribution is 2.28. The van der Waals surface area contributed by atoms with Gasteiger partial charge in [0.2, 0.25) is 0 Å². The minimum absolute atomic E-state index is 0.0187. The monoisotopic (exact) mass is 214 g/mol. The first-order chi connectivity index (χ1) is 7.07. The maximum Gasteiger partial charge on any atom is 0.317 e. The van der Waals surface area contributed by atoms with Gasteiger partial charge in [-0.3, -0.25) is 0 Å². The van der Waals surface area contributed by atoms with Crippen molar-refractivity contribution < 1.29 is 9.53 Å². The highest BCUT2D eigenvalue weighted by Gasteiger charge is 2.27. The third kappa shape index (κ3) is 3.70. The Kier molecular flexibility index (Phi) is 4.39. The summed E-state index contributed by atoms with van der Waals surface area (Å²) >= 11 is 0. The van der Waals surface area contributed by atoms with Gasteiger partial charge in [-0.25, -0.2) is 4.79 Å². The Morgan fingerprint density at radius 2 is 2.07 bits per heavy atom. The van der Waals surface area contributed by atoms with E-state index in [1.165, 1.54) is 0 Å². The van der Waals surface area contributed by atoms with Gasteiger partial charge in [0.15, 0.2) is 0 Å². The number of carbonyl (C=O) groups is 1. The summed E-state index contributed by atoms with van der Waals surface area (Å²) in [5.74, 6) is 0. The van der Waals surface area contributed by atoms with Gasteiger partial charge in [-0.1, -0.05) is 6.92 Å². The number of hydrogen-bond donors (Lipinski definition) is 1. The van der Waals surface area contributed by atoms with Crippen LogP contribution in [0.5, 0.6) is 0 Å². The third-order valence-corrected chi connectivity index (χ3v) is 3.19. The summed E-state index contributed by atoms with van der Waals surface area (Å²) in [7, 11) is 1.81. The summed E-state index contributed by atoms with van der Waals surface area (Å²) in [5, 5.41) is 2.98. The van der Waals surface area contributed by atoms with Crippen LogP contribution >= 0.6 is 0 Å². The van der Waals surface area contributed by atoms with E-state index in [9.17, 15) is 4.79 Å². The van der Waals surface area contributed by atoms with Crippen molar-refractivity contribution in [3.63, 3.8) is 0 Å². The molecule has 0 radical (unpaired) electrons. The molecule has 0 aromatic rings. The van der Waals surface area contributed by atoms with E-state index in [4.69, 9.17) is 4.74 Å². The number of amides is 2. The average Bonchev–Trinajstić information content (AvgIpc) is 2.26. The Morgan fingerprint density at radius 1 is 1.47 bits per heavy atom. The second kappa shape index (κ2) is 5.35. The van der Waals surface area contributed by atoms with Crippen LogP contribution in [0.15, 0.2) is 0 Å². The Bertz CT molecular complexity index is 213. The van der Waals surface area contributed by atoms with Gasteiger partial charge in [-0.15, -0.1) is 0 Å². The van der Waals surface area contributed by atoms with Crippen molar-refractivity contribution in [2.75, 3.05) is 33.4 Å². The zero-order valence-electron chi connectivity index (χ0n) is 10.0. The zero-order valence-corrected chi connectivity index (χ0v) is 10.0. The highest BCUT2D eigenvalue weighted by atomic mass is 16.5. The summed E-state index contributed by atoms with van der Waals surface area (Å²) in [5.41, 5.74) is 0.211. The quantitative estimate of drug-likeness (QED) is 0.773. The lowest BCUT2D eigenvalue weighted by Gasteiger charge is -2.34. The van der Waals surface area contributed by atoms with Crippen molar-refractivity contribution in [2.24, 2.45) is 5.41 Å². The van der Waals surface area contributed by atoms with Gasteiger partial charge in [-0.05, 0) is 25.2 Å². The molecule has 0 atom stereocenters. The molecule has 1 N–H and O–H groups in total. The number of carbonyl (C=O) groups excluding carboxylic acids is 1. The lowest BCUT2D eigenvalue weighted by Crippen LogP contribution is -2.44. The Balaban J connectivity index is 2.31. The number of nitrogens with one attached hydrogen (secondary N) is 1. The molecule has 0 bridgehead atoms. The SMILES string of the molecule is CCN(C)C(=O)NCC1(C)CCOCC1. The van der Waals surface area contributed by atoms with Crippen molar-refractivity contribution in [2.45, 2.75) is 26.7 Å². The van der Waals surface area contributed by atoms with Gasteiger partial charge in [0.05, 0.1) is 0 Å². The number of rotatable bonds is 3. The minimum atomic E-state index is 0.0187. The van der Waals surface area contributed by atoms with Crippen molar-refractivity contribution in [3.8, 4) is 0 Å². The van der Waals surface area contributed by atoms with Crippen LogP contribution in [-0.4, -0.2) is 44.3 Å². The van der Waals surface area contributed by atoms with E-state index in [-0.39, 0.29) is 11.4 Å². The molecular formula is C11H22N2O2. The van der Waals surface area contributed by atoms with E-state index in [2.05, 4.69) is 12.2 Å². The van der Waals surface area contributed by atoms with Gasteiger partial charge >= 0.3 is 6.03 Å². The lowest BCUT2D eigenvalue weighted by molar-refractivity contribution is 0.0248. The molecule has 0 aliphatic carbocycles. The van der Waals surface area contributed by atoms with Crippen molar-refractivity contribution in [1.29, 1.82) is 0 Å². The smallest absolute Gasteiger partial charge is 0.317 e. The van der Waals surface area contributed by atoms with Gasteiger partial charge < -0.3 is 15.0 Å². The first kappa shape index (κ1) is 12.3. The average molecular weight is 214 g/mol. The molecule has 4 nitrogen and oxygen atoms in total. The molecule has 1 saturated heterocycles. The molecule has 0 spiro atoms. The van der Waals surface area contributed by atoms with E-state index in [0.29, 0.717) is 0 Å². The normalized spacial score (nSPS) is 19.7. The molecule has 0 saturated carbocycles. The van der Waals surface area contributed by atoms with Crippen LogP contribution in [0.25, 0.3) is 0 Å². The first-order valence-electron chi connectivity index (χ1n) is 5.64. The summed E-state index contributed by atoms with van der Waals surface area (Å²) in [6.07, 6.45) is 2.06. The zero-order chi connectivity index (χ0) is 11.3. The Hall–Kier alpha value is -0.770. The van der Waals surface area contributed by atoms with Crippen LogP contribution in [0.2, 0.25) is 0 Å². The molecule has 4 heteroatoms. The molecule has 15 heavy (non-hydrogen) atoms. The number of nitrogens with zero attached hydrogens (tertiary/aromatic N) is 1. The molecular weight excluding hydrogens is 192 g/mol. The molecule has 0 unspecified atom stereocenters. The third-order valence-electron chi connectivity index (χ3n) is 3.19. The van der Waals surface area contributed by atoms with Gasteiger partial charge in [-0.2, -0.15) is 0 Å². The molecule has 1 aliphatic rings. The predicted octanol–water partition coefficient (Wildman–Crippen LogP) is 1.46. The van der Waals surface area contributed by atoms with E-state index in [1.54, 1.807) is 4.90 Å². The molecule has 1 aliphatic heterocycles. The van der Waals surface area contributed by atoms with Crippen LogP contribution in [0.3, 0.4) is 0 Å². The maximum absolute atomic E-state index is 11.5. The largest absolute Gasteiger partial charge is 0.381 e. The molecule has 1 fully saturated rings. The molecule has 88 valence electrons.